The topological polar surface area (TPSA) is 17.8 Å². The third-order valence-electron chi connectivity index (χ3n) is 3.52. The molecule has 0 aliphatic heterocycles. The van der Waals surface area contributed by atoms with Crippen molar-refractivity contribution in [2.75, 3.05) is 0 Å². The summed E-state index contributed by atoms with van der Waals surface area (Å²) in [7, 11) is 0. The summed E-state index contributed by atoms with van der Waals surface area (Å²) in [5.74, 6) is 0. The van der Waals surface area contributed by atoms with Crippen molar-refractivity contribution in [1.29, 1.82) is 0 Å². The van der Waals surface area contributed by atoms with Crippen molar-refractivity contribution in [2.45, 2.75) is 46.0 Å². The van der Waals surface area contributed by atoms with Crippen LogP contribution >= 0.6 is 11.6 Å². The Morgan fingerprint density at radius 1 is 1.26 bits per heavy atom. The predicted octanol–water partition coefficient (Wildman–Crippen LogP) is 4.55. The average Bonchev–Trinajstić information content (AvgIpc) is 2.64. The largest absolute Gasteiger partial charge is 0.265 e. The van der Waals surface area contributed by atoms with Gasteiger partial charge in [-0.05, 0) is 32.8 Å². The lowest BCUT2D eigenvalue weighted by Gasteiger charge is -2.09. The minimum absolute atomic E-state index is 0.0614. The van der Waals surface area contributed by atoms with E-state index in [1.807, 2.05) is 6.92 Å². The number of hydrogen-bond donors (Lipinski definition) is 0. The molecule has 102 valence electrons. The third-order valence-corrected chi connectivity index (χ3v) is 4.05. The molecule has 1 heterocycles. The van der Waals surface area contributed by atoms with Crippen molar-refractivity contribution in [1.82, 2.24) is 9.78 Å². The van der Waals surface area contributed by atoms with Crippen molar-refractivity contribution in [2.24, 2.45) is 0 Å². The van der Waals surface area contributed by atoms with Crippen molar-refractivity contribution in [3.63, 3.8) is 0 Å². The van der Waals surface area contributed by atoms with Crippen molar-refractivity contribution < 1.29 is 0 Å². The van der Waals surface area contributed by atoms with Gasteiger partial charge in [0.1, 0.15) is 0 Å². The summed E-state index contributed by atoms with van der Waals surface area (Å²) < 4.78 is 2.06. The highest BCUT2D eigenvalue weighted by Gasteiger charge is 2.17. The molecule has 0 aliphatic carbocycles. The third kappa shape index (κ3) is 3.01. The van der Waals surface area contributed by atoms with Crippen LogP contribution in [0.4, 0.5) is 0 Å². The molecule has 0 saturated carbocycles. The maximum absolute atomic E-state index is 6.39. The SMILES string of the molecule is CCC(Cl)c1c(C)nn(Cc2cccc(C)c2)c1C. The zero-order valence-corrected chi connectivity index (χ0v) is 12.8. The van der Waals surface area contributed by atoms with Crippen LogP contribution in [0.5, 0.6) is 0 Å². The fraction of sp³-hybridized carbons (Fsp3) is 0.438. The molecule has 0 bridgehead atoms. The van der Waals surface area contributed by atoms with Gasteiger partial charge in [-0.15, -0.1) is 11.6 Å². The Hall–Kier alpha value is -1.28. The van der Waals surface area contributed by atoms with E-state index in [1.54, 1.807) is 0 Å². The maximum Gasteiger partial charge on any atom is 0.0662 e. The lowest BCUT2D eigenvalue weighted by molar-refractivity contribution is 0.657. The van der Waals surface area contributed by atoms with E-state index < -0.39 is 0 Å². The number of alkyl halides is 1. The molecule has 1 atom stereocenters. The van der Waals surface area contributed by atoms with E-state index in [9.17, 15) is 0 Å². The Morgan fingerprint density at radius 3 is 2.63 bits per heavy atom. The molecular weight excluding hydrogens is 256 g/mol. The van der Waals surface area contributed by atoms with Crippen LogP contribution in [-0.2, 0) is 6.54 Å². The molecule has 2 aromatic rings. The molecule has 2 rings (SSSR count). The van der Waals surface area contributed by atoms with Gasteiger partial charge in [0.25, 0.3) is 0 Å². The summed E-state index contributed by atoms with van der Waals surface area (Å²) in [4.78, 5) is 0. The lowest BCUT2D eigenvalue weighted by atomic mass is 10.1. The molecule has 3 heteroatoms. The number of nitrogens with zero attached hydrogens (tertiary/aromatic N) is 2. The highest BCUT2D eigenvalue weighted by molar-refractivity contribution is 6.20. The molecule has 0 spiro atoms. The smallest absolute Gasteiger partial charge is 0.0662 e. The first-order valence-electron chi connectivity index (χ1n) is 6.76. The summed E-state index contributed by atoms with van der Waals surface area (Å²) >= 11 is 6.39. The van der Waals surface area contributed by atoms with Gasteiger partial charge in [0.15, 0.2) is 0 Å². The Labute approximate surface area is 120 Å². The lowest BCUT2D eigenvalue weighted by Crippen LogP contribution is -2.04. The normalized spacial score (nSPS) is 12.7. The molecule has 19 heavy (non-hydrogen) atoms. The number of benzene rings is 1. The molecule has 0 saturated heterocycles. The molecule has 0 fully saturated rings. The van der Waals surface area contributed by atoms with Gasteiger partial charge in [-0.25, -0.2) is 0 Å². The molecular formula is C16H21ClN2. The number of halogens is 1. The van der Waals surface area contributed by atoms with Crippen LogP contribution in [0.1, 0.15) is 46.8 Å². The first kappa shape index (κ1) is 14.1. The molecule has 0 N–H and O–H groups in total. The van der Waals surface area contributed by atoms with Crippen molar-refractivity contribution in [3.05, 3.63) is 52.3 Å². The van der Waals surface area contributed by atoms with Crippen molar-refractivity contribution >= 4 is 11.6 Å². The van der Waals surface area contributed by atoms with Crippen LogP contribution in [0, 0.1) is 20.8 Å². The number of hydrogen-bond acceptors (Lipinski definition) is 1. The summed E-state index contributed by atoms with van der Waals surface area (Å²) in [6.45, 7) is 9.18. The zero-order chi connectivity index (χ0) is 14.0. The summed E-state index contributed by atoms with van der Waals surface area (Å²) in [6, 6.07) is 8.55. The first-order chi connectivity index (χ1) is 9.02. The molecule has 1 unspecified atom stereocenters. The monoisotopic (exact) mass is 276 g/mol. The minimum Gasteiger partial charge on any atom is -0.265 e. The first-order valence-corrected chi connectivity index (χ1v) is 7.20. The van der Waals surface area contributed by atoms with Gasteiger partial charge in [-0.3, -0.25) is 4.68 Å². The number of rotatable bonds is 4. The van der Waals surface area contributed by atoms with E-state index >= 15 is 0 Å². The minimum atomic E-state index is 0.0614. The van der Waals surface area contributed by atoms with Crippen molar-refractivity contribution in [3.8, 4) is 0 Å². The Balaban J connectivity index is 2.32. The number of aromatic nitrogens is 2. The highest BCUT2D eigenvalue weighted by atomic mass is 35.5. The van der Waals surface area contributed by atoms with Gasteiger partial charge in [-0.1, -0.05) is 36.8 Å². The second-order valence-electron chi connectivity index (χ2n) is 5.11. The van der Waals surface area contributed by atoms with E-state index in [-0.39, 0.29) is 5.38 Å². The summed E-state index contributed by atoms with van der Waals surface area (Å²) in [6.07, 6.45) is 0.930. The second kappa shape index (κ2) is 5.79. The van der Waals surface area contributed by atoms with Crippen LogP contribution in [0.25, 0.3) is 0 Å². The zero-order valence-electron chi connectivity index (χ0n) is 12.1. The van der Waals surface area contributed by atoms with Crippen LogP contribution in [-0.4, -0.2) is 9.78 Å². The fourth-order valence-corrected chi connectivity index (χ4v) is 2.82. The van der Waals surface area contributed by atoms with Gasteiger partial charge < -0.3 is 0 Å². The Bertz CT molecular complexity index is 572. The predicted molar refractivity (Wildman–Crippen MR) is 80.9 cm³/mol. The standard InChI is InChI=1S/C16H21ClN2/c1-5-15(17)16-12(3)18-19(13(16)4)10-14-8-6-7-11(2)9-14/h6-9,15H,5,10H2,1-4H3. The van der Waals surface area contributed by atoms with Crippen LogP contribution < -0.4 is 0 Å². The quantitative estimate of drug-likeness (QED) is 0.749. The Morgan fingerprint density at radius 2 is 2.00 bits per heavy atom. The van der Waals surface area contributed by atoms with Gasteiger partial charge in [0.05, 0.1) is 17.6 Å². The van der Waals surface area contributed by atoms with E-state index in [4.69, 9.17) is 11.6 Å². The Kier molecular flexibility index (Phi) is 4.31. The average molecular weight is 277 g/mol. The summed E-state index contributed by atoms with van der Waals surface area (Å²) in [5.41, 5.74) is 5.98. The van der Waals surface area contributed by atoms with Gasteiger partial charge in [0.2, 0.25) is 0 Å². The van der Waals surface area contributed by atoms with E-state index in [0.29, 0.717) is 0 Å². The van der Waals surface area contributed by atoms with E-state index in [1.165, 1.54) is 22.4 Å². The second-order valence-corrected chi connectivity index (χ2v) is 5.63. The highest BCUT2D eigenvalue weighted by Crippen LogP contribution is 2.29. The fourth-order valence-electron chi connectivity index (χ4n) is 2.51. The molecule has 0 radical (unpaired) electrons. The van der Waals surface area contributed by atoms with Crippen LogP contribution in [0.2, 0.25) is 0 Å². The van der Waals surface area contributed by atoms with Gasteiger partial charge in [-0.2, -0.15) is 5.10 Å². The number of aryl methyl sites for hydroxylation is 2. The van der Waals surface area contributed by atoms with Crippen LogP contribution in [0.3, 0.4) is 0 Å². The van der Waals surface area contributed by atoms with E-state index in [0.717, 1.165) is 18.7 Å². The van der Waals surface area contributed by atoms with Gasteiger partial charge in [0, 0.05) is 11.3 Å². The van der Waals surface area contributed by atoms with Crippen LogP contribution in [0.15, 0.2) is 24.3 Å². The van der Waals surface area contributed by atoms with E-state index in [2.05, 4.69) is 54.8 Å². The maximum atomic E-state index is 6.39. The van der Waals surface area contributed by atoms with Gasteiger partial charge >= 0.3 is 0 Å². The molecule has 1 aromatic heterocycles. The molecule has 1 aromatic carbocycles. The molecule has 0 amide bonds. The summed E-state index contributed by atoms with van der Waals surface area (Å²) in [5, 5.41) is 4.70. The molecule has 0 aliphatic rings. The molecule has 2 nitrogen and oxygen atoms in total.